The Bertz CT molecular complexity index is 739. The fourth-order valence-electron chi connectivity index (χ4n) is 2.13. The standard InChI is InChI=1S/C14H12FN3O3/c1-7(2)13-16-11(21-17-13)6-18-10-5-8(15)3-4-9(10)12(19)14(18)20/h3-5,7H,6H2,1-2H3. The number of hydrogen-bond donors (Lipinski definition) is 0. The molecule has 0 aliphatic carbocycles. The van der Waals surface area contributed by atoms with Crippen LogP contribution in [0.2, 0.25) is 0 Å². The predicted octanol–water partition coefficient (Wildman–Crippen LogP) is 2.06. The van der Waals surface area contributed by atoms with Crippen LogP contribution in [0.5, 0.6) is 0 Å². The molecular formula is C14H12FN3O3. The molecule has 0 fully saturated rings. The average Bonchev–Trinajstić information content (AvgIpc) is 2.99. The third-order valence-electron chi connectivity index (χ3n) is 3.23. The number of Topliss-reactive ketones (excluding diaryl/α,β-unsaturated/α-hetero) is 1. The van der Waals surface area contributed by atoms with E-state index in [0.717, 1.165) is 17.0 Å². The van der Waals surface area contributed by atoms with E-state index in [0.29, 0.717) is 5.82 Å². The molecule has 1 aliphatic heterocycles. The molecule has 1 aromatic carbocycles. The molecule has 0 radical (unpaired) electrons. The van der Waals surface area contributed by atoms with Gasteiger partial charge in [-0.2, -0.15) is 4.98 Å². The van der Waals surface area contributed by atoms with Crippen LogP contribution >= 0.6 is 0 Å². The number of halogens is 1. The fraction of sp³-hybridized carbons (Fsp3) is 0.286. The summed E-state index contributed by atoms with van der Waals surface area (Å²) in [4.78, 5) is 29.1. The number of carbonyl (C=O) groups is 2. The van der Waals surface area contributed by atoms with Gasteiger partial charge in [0.15, 0.2) is 5.82 Å². The fourth-order valence-corrected chi connectivity index (χ4v) is 2.13. The van der Waals surface area contributed by atoms with Gasteiger partial charge in [0.05, 0.1) is 11.3 Å². The summed E-state index contributed by atoms with van der Waals surface area (Å²) in [5.41, 5.74) is 0.416. The van der Waals surface area contributed by atoms with Crippen molar-refractivity contribution in [1.29, 1.82) is 0 Å². The number of anilines is 1. The summed E-state index contributed by atoms with van der Waals surface area (Å²) in [7, 11) is 0. The quantitative estimate of drug-likeness (QED) is 0.808. The minimum Gasteiger partial charge on any atom is -0.337 e. The van der Waals surface area contributed by atoms with Crippen LogP contribution in [-0.4, -0.2) is 21.8 Å². The largest absolute Gasteiger partial charge is 0.337 e. The maximum atomic E-state index is 13.3. The van der Waals surface area contributed by atoms with Crippen molar-refractivity contribution >= 4 is 17.4 Å². The van der Waals surface area contributed by atoms with Gasteiger partial charge in [0.25, 0.3) is 11.7 Å². The van der Waals surface area contributed by atoms with E-state index in [-0.39, 0.29) is 29.6 Å². The number of amides is 1. The van der Waals surface area contributed by atoms with Crippen molar-refractivity contribution < 1.29 is 18.5 Å². The molecule has 0 saturated heterocycles. The van der Waals surface area contributed by atoms with Crippen LogP contribution in [0.4, 0.5) is 10.1 Å². The van der Waals surface area contributed by atoms with E-state index in [1.54, 1.807) is 0 Å². The number of aromatic nitrogens is 2. The van der Waals surface area contributed by atoms with Gasteiger partial charge < -0.3 is 4.52 Å². The first-order chi connectivity index (χ1) is 9.97. The monoisotopic (exact) mass is 289 g/mol. The van der Waals surface area contributed by atoms with E-state index in [9.17, 15) is 14.0 Å². The molecule has 6 nitrogen and oxygen atoms in total. The van der Waals surface area contributed by atoms with Crippen molar-refractivity contribution in [3.05, 3.63) is 41.3 Å². The molecule has 1 aliphatic rings. The molecule has 21 heavy (non-hydrogen) atoms. The van der Waals surface area contributed by atoms with Gasteiger partial charge in [0.2, 0.25) is 5.89 Å². The maximum absolute atomic E-state index is 13.3. The van der Waals surface area contributed by atoms with E-state index < -0.39 is 17.5 Å². The number of hydrogen-bond acceptors (Lipinski definition) is 5. The van der Waals surface area contributed by atoms with Gasteiger partial charge in [-0.05, 0) is 18.2 Å². The van der Waals surface area contributed by atoms with Gasteiger partial charge in [-0.1, -0.05) is 19.0 Å². The number of nitrogens with zero attached hydrogens (tertiary/aromatic N) is 3. The van der Waals surface area contributed by atoms with Crippen molar-refractivity contribution in [1.82, 2.24) is 10.1 Å². The van der Waals surface area contributed by atoms with Crippen LogP contribution in [0.15, 0.2) is 22.7 Å². The molecule has 7 heteroatoms. The van der Waals surface area contributed by atoms with Crippen molar-refractivity contribution in [2.45, 2.75) is 26.3 Å². The summed E-state index contributed by atoms with van der Waals surface area (Å²) in [5.74, 6) is -1.09. The second kappa shape index (κ2) is 4.76. The molecule has 0 spiro atoms. The zero-order chi connectivity index (χ0) is 15.1. The normalized spacial score (nSPS) is 14.2. The Morgan fingerprint density at radius 3 is 2.76 bits per heavy atom. The smallest absolute Gasteiger partial charge is 0.299 e. The molecule has 1 amide bonds. The maximum Gasteiger partial charge on any atom is 0.299 e. The Balaban J connectivity index is 1.94. The summed E-state index contributed by atoms with van der Waals surface area (Å²) in [5, 5.41) is 3.79. The third-order valence-corrected chi connectivity index (χ3v) is 3.23. The van der Waals surface area contributed by atoms with E-state index in [1.165, 1.54) is 6.07 Å². The summed E-state index contributed by atoms with van der Waals surface area (Å²) in [6, 6.07) is 3.60. The van der Waals surface area contributed by atoms with Crippen LogP contribution in [0, 0.1) is 5.82 Å². The summed E-state index contributed by atoms with van der Waals surface area (Å²) in [6.45, 7) is 3.76. The van der Waals surface area contributed by atoms with E-state index in [1.807, 2.05) is 13.8 Å². The van der Waals surface area contributed by atoms with Crippen LogP contribution in [0.1, 0.15) is 41.8 Å². The topological polar surface area (TPSA) is 76.3 Å². The minimum atomic E-state index is -0.722. The molecule has 0 unspecified atom stereocenters. The number of benzene rings is 1. The van der Waals surface area contributed by atoms with Gasteiger partial charge in [-0.15, -0.1) is 0 Å². The SMILES string of the molecule is CC(C)c1noc(CN2C(=O)C(=O)c3ccc(F)cc32)n1. The summed E-state index contributed by atoms with van der Waals surface area (Å²) < 4.78 is 18.4. The minimum absolute atomic E-state index is 0.0548. The predicted molar refractivity (Wildman–Crippen MR) is 70.3 cm³/mol. The second-order valence-corrected chi connectivity index (χ2v) is 5.08. The lowest BCUT2D eigenvalue weighted by Crippen LogP contribution is -2.29. The molecular weight excluding hydrogens is 277 g/mol. The molecule has 0 saturated carbocycles. The van der Waals surface area contributed by atoms with Crippen molar-refractivity contribution in [3.63, 3.8) is 0 Å². The highest BCUT2D eigenvalue weighted by atomic mass is 19.1. The molecule has 2 heterocycles. The number of ketones is 1. The molecule has 1 aromatic heterocycles. The third kappa shape index (κ3) is 2.20. The Morgan fingerprint density at radius 2 is 2.10 bits per heavy atom. The van der Waals surface area contributed by atoms with Gasteiger partial charge in [0.1, 0.15) is 12.4 Å². The molecule has 3 rings (SSSR count). The first-order valence-corrected chi connectivity index (χ1v) is 6.45. The zero-order valence-corrected chi connectivity index (χ0v) is 11.5. The number of fused-ring (bicyclic) bond motifs is 1. The average molecular weight is 289 g/mol. The van der Waals surface area contributed by atoms with Gasteiger partial charge in [-0.25, -0.2) is 4.39 Å². The van der Waals surface area contributed by atoms with Gasteiger partial charge in [0, 0.05) is 5.92 Å². The highest BCUT2D eigenvalue weighted by molar-refractivity contribution is 6.52. The van der Waals surface area contributed by atoms with Crippen LogP contribution in [0.25, 0.3) is 0 Å². The molecule has 108 valence electrons. The lowest BCUT2D eigenvalue weighted by molar-refractivity contribution is -0.114. The van der Waals surface area contributed by atoms with Crippen molar-refractivity contribution in [3.8, 4) is 0 Å². The Labute approximate surface area is 119 Å². The number of carbonyl (C=O) groups excluding carboxylic acids is 2. The van der Waals surface area contributed by atoms with E-state index in [2.05, 4.69) is 10.1 Å². The lowest BCUT2D eigenvalue weighted by atomic mass is 10.1. The van der Waals surface area contributed by atoms with Crippen LogP contribution < -0.4 is 4.90 Å². The van der Waals surface area contributed by atoms with E-state index >= 15 is 0 Å². The molecule has 2 aromatic rings. The first kappa shape index (κ1) is 13.4. The lowest BCUT2D eigenvalue weighted by Gasteiger charge is -2.13. The van der Waals surface area contributed by atoms with Crippen LogP contribution in [0.3, 0.4) is 0 Å². The van der Waals surface area contributed by atoms with E-state index in [4.69, 9.17) is 4.52 Å². The van der Waals surface area contributed by atoms with Gasteiger partial charge in [-0.3, -0.25) is 14.5 Å². The second-order valence-electron chi connectivity index (χ2n) is 5.08. The molecule has 0 N–H and O–H groups in total. The van der Waals surface area contributed by atoms with Gasteiger partial charge >= 0.3 is 0 Å². The van der Waals surface area contributed by atoms with Crippen LogP contribution in [-0.2, 0) is 11.3 Å². The highest BCUT2D eigenvalue weighted by Crippen LogP contribution is 2.30. The highest BCUT2D eigenvalue weighted by Gasteiger charge is 2.37. The van der Waals surface area contributed by atoms with Crippen molar-refractivity contribution in [2.24, 2.45) is 0 Å². The summed E-state index contributed by atoms with van der Waals surface area (Å²) >= 11 is 0. The molecule has 0 bridgehead atoms. The zero-order valence-electron chi connectivity index (χ0n) is 11.5. The Hall–Kier alpha value is -2.57. The number of rotatable bonds is 3. The summed E-state index contributed by atoms with van der Waals surface area (Å²) in [6.07, 6.45) is 0. The first-order valence-electron chi connectivity index (χ1n) is 6.45. The Kier molecular flexibility index (Phi) is 3.04. The molecule has 0 atom stereocenters. The van der Waals surface area contributed by atoms with Crippen molar-refractivity contribution in [2.75, 3.05) is 4.90 Å². The Morgan fingerprint density at radius 1 is 1.33 bits per heavy atom.